The zero-order valence-electron chi connectivity index (χ0n) is 11.9. The minimum Gasteiger partial charge on any atom is -0.292 e. The lowest BCUT2D eigenvalue weighted by molar-refractivity contribution is 0.0937. The molecule has 1 saturated heterocycles. The van der Waals surface area contributed by atoms with Gasteiger partial charge in [-0.3, -0.25) is 9.78 Å². The van der Waals surface area contributed by atoms with Gasteiger partial charge in [0, 0.05) is 25.7 Å². The van der Waals surface area contributed by atoms with Crippen molar-refractivity contribution in [3.8, 4) is 0 Å². The summed E-state index contributed by atoms with van der Waals surface area (Å²) in [6.07, 6.45) is 4.92. The van der Waals surface area contributed by atoms with Crippen molar-refractivity contribution in [3.05, 3.63) is 29.6 Å². The first kappa shape index (κ1) is 15.1. The maximum atomic E-state index is 12.2. The largest absolute Gasteiger partial charge is 0.292 e. The summed E-state index contributed by atoms with van der Waals surface area (Å²) in [5.74, 6) is 0.0855. The number of carbonyl (C=O) groups is 1. The number of pyridine rings is 1. The Balaban J connectivity index is 2.01. The van der Waals surface area contributed by atoms with E-state index < -0.39 is 10.0 Å². The van der Waals surface area contributed by atoms with E-state index in [2.05, 4.69) is 4.98 Å². The fourth-order valence-corrected chi connectivity index (χ4v) is 3.49. The highest BCUT2D eigenvalue weighted by Crippen LogP contribution is 2.22. The quantitative estimate of drug-likeness (QED) is 0.792. The Morgan fingerprint density at radius 2 is 2.25 bits per heavy atom. The van der Waals surface area contributed by atoms with Crippen molar-refractivity contribution in [2.24, 2.45) is 5.92 Å². The molecule has 6 heteroatoms. The number of nitrogens with zero attached hydrogens (tertiary/aromatic N) is 2. The second kappa shape index (κ2) is 6.01. The maximum absolute atomic E-state index is 12.2. The first-order valence-electron chi connectivity index (χ1n) is 6.77. The SMILES string of the molecule is Cc1ccnc(C(=O)CC2CCCN(S(C)(=O)=O)C2)c1. The smallest absolute Gasteiger partial charge is 0.211 e. The standard InChI is InChI=1S/C14H20N2O3S/c1-11-5-6-15-13(8-11)14(17)9-12-4-3-7-16(10-12)20(2,18)19/h5-6,8,12H,3-4,7,9-10H2,1-2H3. The van der Waals surface area contributed by atoms with Crippen LogP contribution in [0.15, 0.2) is 18.3 Å². The number of Topliss-reactive ketones (excluding diaryl/α,β-unsaturated/α-hetero) is 1. The van der Waals surface area contributed by atoms with E-state index in [0.717, 1.165) is 18.4 Å². The first-order chi connectivity index (χ1) is 9.36. The van der Waals surface area contributed by atoms with Gasteiger partial charge in [0.15, 0.2) is 5.78 Å². The molecule has 1 aliphatic heterocycles. The van der Waals surface area contributed by atoms with Gasteiger partial charge in [-0.1, -0.05) is 0 Å². The third-order valence-electron chi connectivity index (χ3n) is 3.63. The van der Waals surface area contributed by atoms with E-state index in [9.17, 15) is 13.2 Å². The summed E-state index contributed by atoms with van der Waals surface area (Å²) >= 11 is 0. The fraction of sp³-hybridized carbons (Fsp3) is 0.571. The van der Waals surface area contributed by atoms with Crippen molar-refractivity contribution in [3.63, 3.8) is 0 Å². The average Bonchev–Trinajstić information content (AvgIpc) is 2.38. The van der Waals surface area contributed by atoms with E-state index in [4.69, 9.17) is 0 Å². The Morgan fingerprint density at radius 1 is 1.50 bits per heavy atom. The lowest BCUT2D eigenvalue weighted by Crippen LogP contribution is -2.39. The van der Waals surface area contributed by atoms with Crippen LogP contribution in [-0.2, 0) is 10.0 Å². The van der Waals surface area contributed by atoms with Crippen LogP contribution in [0, 0.1) is 12.8 Å². The molecular formula is C14H20N2O3S. The second-order valence-electron chi connectivity index (χ2n) is 5.47. The van der Waals surface area contributed by atoms with E-state index in [1.165, 1.54) is 10.6 Å². The molecule has 20 heavy (non-hydrogen) atoms. The van der Waals surface area contributed by atoms with Crippen LogP contribution in [0.5, 0.6) is 0 Å². The van der Waals surface area contributed by atoms with Crippen LogP contribution in [0.25, 0.3) is 0 Å². The molecule has 5 nitrogen and oxygen atoms in total. The molecule has 0 radical (unpaired) electrons. The lowest BCUT2D eigenvalue weighted by atomic mass is 9.93. The maximum Gasteiger partial charge on any atom is 0.211 e. The number of sulfonamides is 1. The van der Waals surface area contributed by atoms with Crippen molar-refractivity contribution in [2.45, 2.75) is 26.2 Å². The molecule has 0 aromatic carbocycles. The van der Waals surface area contributed by atoms with E-state index in [0.29, 0.717) is 25.2 Å². The molecule has 2 heterocycles. The molecule has 0 N–H and O–H groups in total. The van der Waals surface area contributed by atoms with E-state index in [1.54, 1.807) is 12.3 Å². The van der Waals surface area contributed by atoms with E-state index in [1.807, 2.05) is 13.0 Å². The molecule has 0 spiro atoms. The molecule has 0 saturated carbocycles. The zero-order valence-corrected chi connectivity index (χ0v) is 12.7. The van der Waals surface area contributed by atoms with Gasteiger partial charge >= 0.3 is 0 Å². The van der Waals surface area contributed by atoms with Gasteiger partial charge in [0.25, 0.3) is 0 Å². The molecule has 1 unspecified atom stereocenters. The Bertz CT molecular complexity index is 598. The molecule has 1 aromatic heterocycles. The van der Waals surface area contributed by atoms with Gasteiger partial charge < -0.3 is 0 Å². The number of aryl methyl sites for hydroxylation is 1. The molecule has 1 aliphatic rings. The van der Waals surface area contributed by atoms with Crippen molar-refractivity contribution < 1.29 is 13.2 Å². The van der Waals surface area contributed by atoms with Crippen LogP contribution in [0.4, 0.5) is 0 Å². The number of hydrogen-bond acceptors (Lipinski definition) is 4. The molecule has 1 aromatic rings. The van der Waals surface area contributed by atoms with Gasteiger partial charge in [-0.05, 0) is 43.4 Å². The van der Waals surface area contributed by atoms with Crippen molar-refractivity contribution >= 4 is 15.8 Å². The Labute approximate surface area is 120 Å². The highest BCUT2D eigenvalue weighted by atomic mass is 32.2. The normalized spacial score (nSPS) is 20.8. The monoisotopic (exact) mass is 296 g/mol. The van der Waals surface area contributed by atoms with Crippen molar-refractivity contribution in [1.29, 1.82) is 0 Å². The minimum absolute atomic E-state index is 0.00551. The second-order valence-corrected chi connectivity index (χ2v) is 7.46. The van der Waals surface area contributed by atoms with Crippen molar-refractivity contribution in [1.82, 2.24) is 9.29 Å². The van der Waals surface area contributed by atoms with Gasteiger partial charge in [-0.25, -0.2) is 12.7 Å². The predicted octanol–water partition coefficient (Wildman–Crippen LogP) is 1.63. The van der Waals surface area contributed by atoms with E-state index >= 15 is 0 Å². The predicted molar refractivity (Wildman–Crippen MR) is 77.1 cm³/mol. The zero-order chi connectivity index (χ0) is 14.8. The number of piperidine rings is 1. The van der Waals surface area contributed by atoms with Crippen LogP contribution >= 0.6 is 0 Å². The van der Waals surface area contributed by atoms with Crippen LogP contribution in [-0.4, -0.2) is 42.8 Å². The molecule has 110 valence electrons. The third-order valence-corrected chi connectivity index (χ3v) is 4.90. The Morgan fingerprint density at radius 3 is 2.90 bits per heavy atom. The highest BCUT2D eigenvalue weighted by Gasteiger charge is 2.27. The summed E-state index contributed by atoms with van der Waals surface area (Å²) in [4.78, 5) is 16.3. The van der Waals surface area contributed by atoms with Crippen LogP contribution in [0.3, 0.4) is 0 Å². The summed E-state index contributed by atoms with van der Waals surface area (Å²) in [5.41, 5.74) is 1.48. The van der Waals surface area contributed by atoms with Gasteiger partial charge in [0.05, 0.1) is 6.26 Å². The van der Waals surface area contributed by atoms with E-state index in [-0.39, 0.29) is 11.7 Å². The van der Waals surface area contributed by atoms with Crippen LogP contribution in [0.1, 0.15) is 35.3 Å². The van der Waals surface area contributed by atoms with Gasteiger partial charge in [0.1, 0.15) is 5.69 Å². The van der Waals surface area contributed by atoms with Gasteiger partial charge in [-0.15, -0.1) is 0 Å². The highest BCUT2D eigenvalue weighted by molar-refractivity contribution is 7.88. The van der Waals surface area contributed by atoms with Gasteiger partial charge in [0.2, 0.25) is 10.0 Å². The summed E-state index contributed by atoms with van der Waals surface area (Å²) in [7, 11) is -3.16. The number of carbonyl (C=O) groups excluding carboxylic acids is 1. The fourth-order valence-electron chi connectivity index (χ4n) is 2.55. The van der Waals surface area contributed by atoms with Crippen LogP contribution < -0.4 is 0 Å². The molecule has 0 amide bonds. The third kappa shape index (κ3) is 3.86. The number of rotatable bonds is 4. The average molecular weight is 296 g/mol. The first-order valence-corrected chi connectivity index (χ1v) is 8.62. The number of hydrogen-bond donors (Lipinski definition) is 0. The van der Waals surface area contributed by atoms with Gasteiger partial charge in [-0.2, -0.15) is 0 Å². The molecule has 0 bridgehead atoms. The summed E-state index contributed by atoms with van der Waals surface area (Å²) < 4.78 is 24.6. The molecule has 2 rings (SSSR count). The Kier molecular flexibility index (Phi) is 4.55. The summed E-state index contributed by atoms with van der Waals surface area (Å²) in [6, 6.07) is 3.63. The van der Waals surface area contributed by atoms with Crippen LogP contribution in [0.2, 0.25) is 0 Å². The molecular weight excluding hydrogens is 276 g/mol. The Hall–Kier alpha value is -1.27. The lowest BCUT2D eigenvalue weighted by Gasteiger charge is -2.30. The van der Waals surface area contributed by atoms with Crippen molar-refractivity contribution in [2.75, 3.05) is 19.3 Å². The minimum atomic E-state index is -3.16. The summed E-state index contributed by atoms with van der Waals surface area (Å²) in [6.45, 7) is 2.92. The molecule has 1 atom stereocenters. The summed E-state index contributed by atoms with van der Waals surface area (Å²) in [5, 5.41) is 0. The number of ketones is 1. The molecule has 1 fully saturated rings. The molecule has 0 aliphatic carbocycles. The number of aromatic nitrogens is 1. The topological polar surface area (TPSA) is 67.3 Å².